The molecule has 13 heavy (non-hydrogen) atoms. The minimum atomic E-state index is -0.587. The quantitative estimate of drug-likeness (QED) is 0.502. The molecule has 1 heterocycles. The molecule has 0 bridgehead atoms. The van der Waals surface area contributed by atoms with Crippen molar-refractivity contribution in [1.82, 2.24) is 5.32 Å². The molecule has 2 unspecified atom stereocenters. The molecule has 0 aromatic rings. The Hall–Kier alpha value is -1.06. The predicted molar refractivity (Wildman–Crippen MR) is 47.0 cm³/mol. The largest absolute Gasteiger partial charge is 0.465 e. The maximum absolute atomic E-state index is 11.3. The minimum Gasteiger partial charge on any atom is -0.465 e. The number of hydrogen-bond acceptors (Lipinski definition) is 3. The summed E-state index contributed by atoms with van der Waals surface area (Å²) >= 11 is 0. The van der Waals surface area contributed by atoms with Crippen LogP contribution in [0.4, 0.5) is 0 Å². The Kier molecular flexibility index (Phi) is 3.28. The molecule has 0 aliphatic carbocycles. The second-order valence-corrected chi connectivity index (χ2v) is 3.29. The fourth-order valence-corrected chi connectivity index (χ4v) is 1.43. The lowest BCUT2D eigenvalue weighted by Crippen LogP contribution is -2.45. The van der Waals surface area contributed by atoms with Crippen molar-refractivity contribution in [3.63, 3.8) is 0 Å². The van der Waals surface area contributed by atoms with Crippen molar-refractivity contribution in [3.05, 3.63) is 0 Å². The molecule has 1 aliphatic heterocycles. The third kappa shape index (κ3) is 2.44. The first kappa shape index (κ1) is 10.0. The van der Waals surface area contributed by atoms with Crippen LogP contribution in [0.15, 0.2) is 0 Å². The number of nitrogens with one attached hydrogen (secondary N) is 1. The summed E-state index contributed by atoms with van der Waals surface area (Å²) in [4.78, 5) is 22.5. The SMILES string of the molecule is CCOC(=O)C1CCC(C)NC1=O. The van der Waals surface area contributed by atoms with Gasteiger partial charge in [0, 0.05) is 6.04 Å². The average molecular weight is 185 g/mol. The molecule has 1 N–H and O–H groups in total. The van der Waals surface area contributed by atoms with Crippen molar-refractivity contribution in [1.29, 1.82) is 0 Å². The van der Waals surface area contributed by atoms with Crippen molar-refractivity contribution in [2.45, 2.75) is 32.7 Å². The van der Waals surface area contributed by atoms with Crippen LogP contribution in [-0.2, 0) is 14.3 Å². The van der Waals surface area contributed by atoms with Crippen molar-refractivity contribution in [2.75, 3.05) is 6.61 Å². The van der Waals surface area contributed by atoms with Gasteiger partial charge in [-0.3, -0.25) is 9.59 Å². The second-order valence-electron chi connectivity index (χ2n) is 3.29. The predicted octanol–water partition coefficient (Wildman–Crippen LogP) is 0.464. The first-order chi connectivity index (χ1) is 6.15. The van der Waals surface area contributed by atoms with Crippen molar-refractivity contribution >= 4 is 11.9 Å². The van der Waals surface area contributed by atoms with Gasteiger partial charge in [0.05, 0.1) is 6.61 Å². The van der Waals surface area contributed by atoms with E-state index in [1.54, 1.807) is 6.92 Å². The summed E-state index contributed by atoms with van der Waals surface area (Å²) in [6, 6.07) is 0.179. The van der Waals surface area contributed by atoms with Crippen LogP contribution in [0.5, 0.6) is 0 Å². The molecule has 1 aliphatic rings. The zero-order valence-electron chi connectivity index (χ0n) is 8.00. The highest BCUT2D eigenvalue weighted by atomic mass is 16.5. The summed E-state index contributed by atoms with van der Waals surface area (Å²) in [6.07, 6.45) is 1.45. The Morgan fingerprint density at radius 1 is 1.62 bits per heavy atom. The Bertz CT molecular complexity index is 207. The normalized spacial score (nSPS) is 28.0. The van der Waals surface area contributed by atoms with Gasteiger partial charge in [-0.15, -0.1) is 0 Å². The zero-order valence-corrected chi connectivity index (χ0v) is 8.00. The topological polar surface area (TPSA) is 55.4 Å². The summed E-state index contributed by atoms with van der Waals surface area (Å²) < 4.78 is 4.79. The molecular formula is C9H15NO3. The van der Waals surface area contributed by atoms with Gasteiger partial charge in [0.25, 0.3) is 0 Å². The first-order valence-electron chi connectivity index (χ1n) is 4.62. The second kappa shape index (κ2) is 4.25. The fraction of sp³-hybridized carbons (Fsp3) is 0.778. The van der Waals surface area contributed by atoms with E-state index in [2.05, 4.69) is 5.32 Å². The number of amides is 1. The number of carbonyl (C=O) groups is 2. The standard InChI is InChI=1S/C9H15NO3/c1-3-13-9(12)7-5-4-6(2)10-8(7)11/h6-7H,3-5H2,1-2H3,(H,10,11). The number of esters is 1. The highest BCUT2D eigenvalue weighted by Crippen LogP contribution is 2.16. The minimum absolute atomic E-state index is 0.179. The van der Waals surface area contributed by atoms with Crippen molar-refractivity contribution < 1.29 is 14.3 Å². The number of ether oxygens (including phenoxy) is 1. The monoisotopic (exact) mass is 185 g/mol. The molecule has 4 heteroatoms. The van der Waals surface area contributed by atoms with E-state index in [0.717, 1.165) is 6.42 Å². The van der Waals surface area contributed by atoms with E-state index in [9.17, 15) is 9.59 Å². The van der Waals surface area contributed by atoms with E-state index in [1.807, 2.05) is 6.92 Å². The van der Waals surface area contributed by atoms with Crippen LogP contribution in [0, 0.1) is 5.92 Å². The maximum Gasteiger partial charge on any atom is 0.318 e. The van der Waals surface area contributed by atoms with Gasteiger partial charge in [0.2, 0.25) is 5.91 Å². The summed E-state index contributed by atoms with van der Waals surface area (Å²) in [5, 5.41) is 2.73. The molecule has 1 rings (SSSR count). The third-order valence-corrected chi connectivity index (χ3v) is 2.16. The highest BCUT2D eigenvalue weighted by Gasteiger charge is 2.32. The van der Waals surface area contributed by atoms with Gasteiger partial charge in [-0.05, 0) is 26.7 Å². The molecule has 0 spiro atoms. The van der Waals surface area contributed by atoms with E-state index >= 15 is 0 Å². The molecule has 0 radical (unpaired) electrons. The lowest BCUT2D eigenvalue weighted by molar-refractivity contribution is -0.153. The number of piperidine rings is 1. The summed E-state index contributed by atoms with van der Waals surface area (Å²) in [5.74, 6) is -1.18. The van der Waals surface area contributed by atoms with Gasteiger partial charge in [-0.25, -0.2) is 0 Å². The molecular weight excluding hydrogens is 170 g/mol. The molecule has 1 saturated heterocycles. The van der Waals surface area contributed by atoms with Crippen LogP contribution >= 0.6 is 0 Å². The summed E-state index contributed by atoms with van der Waals surface area (Å²) in [6.45, 7) is 4.00. The first-order valence-corrected chi connectivity index (χ1v) is 4.62. The van der Waals surface area contributed by atoms with Gasteiger partial charge in [-0.1, -0.05) is 0 Å². The molecule has 0 aromatic carbocycles. The molecule has 74 valence electrons. The van der Waals surface area contributed by atoms with Crippen LogP contribution in [0.1, 0.15) is 26.7 Å². The van der Waals surface area contributed by atoms with Gasteiger partial charge in [0.1, 0.15) is 5.92 Å². The molecule has 1 amide bonds. The number of carbonyl (C=O) groups excluding carboxylic acids is 2. The summed E-state index contributed by atoms with van der Waals surface area (Å²) in [5.41, 5.74) is 0. The Balaban J connectivity index is 2.51. The van der Waals surface area contributed by atoms with Crippen molar-refractivity contribution in [2.24, 2.45) is 5.92 Å². The van der Waals surface area contributed by atoms with Gasteiger partial charge >= 0.3 is 5.97 Å². The molecule has 0 saturated carbocycles. The van der Waals surface area contributed by atoms with Crippen LogP contribution in [-0.4, -0.2) is 24.5 Å². The third-order valence-electron chi connectivity index (χ3n) is 2.16. The maximum atomic E-state index is 11.3. The molecule has 2 atom stereocenters. The number of hydrogen-bond donors (Lipinski definition) is 1. The Morgan fingerprint density at radius 3 is 2.85 bits per heavy atom. The van der Waals surface area contributed by atoms with E-state index in [0.29, 0.717) is 13.0 Å². The van der Waals surface area contributed by atoms with Gasteiger partial charge < -0.3 is 10.1 Å². The fourth-order valence-electron chi connectivity index (χ4n) is 1.43. The Morgan fingerprint density at radius 2 is 2.31 bits per heavy atom. The number of rotatable bonds is 2. The van der Waals surface area contributed by atoms with Crippen LogP contribution < -0.4 is 5.32 Å². The highest BCUT2D eigenvalue weighted by molar-refractivity contribution is 5.98. The average Bonchev–Trinajstić information content (AvgIpc) is 2.04. The van der Waals surface area contributed by atoms with E-state index in [-0.39, 0.29) is 11.9 Å². The lowest BCUT2D eigenvalue weighted by Gasteiger charge is -2.25. The van der Waals surface area contributed by atoms with E-state index < -0.39 is 11.9 Å². The van der Waals surface area contributed by atoms with Gasteiger partial charge in [-0.2, -0.15) is 0 Å². The lowest BCUT2D eigenvalue weighted by atomic mass is 9.95. The molecule has 4 nitrogen and oxygen atoms in total. The molecule has 1 fully saturated rings. The Labute approximate surface area is 77.6 Å². The summed E-state index contributed by atoms with van der Waals surface area (Å²) in [7, 11) is 0. The van der Waals surface area contributed by atoms with Crippen LogP contribution in [0.25, 0.3) is 0 Å². The van der Waals surface area contributed by atoms with Crippen LogP contribution in [0.3, 0.4) is 0 Å². The van der Waals surface area contributed by atoms with E-state index in [1.165, 1.54) is 0 Å². The zero-order chi connectivity index (χ0) is 9.84. The van der Waals surface area contributed by atoms with Crippen molar-refractivity contribution in [3.8, 4) is 0 Å². The smallest absolute Gasteiger partial charge is 0.318 e. The molecule has 0 aromatic heterocycles. The van der Waals surface area contributed by atoms with E-state index in [4.69, 9.17) is 4.74 Å². The van der Waals surface area contributed by atoms with Gasteiger partial charge in [0.15, 0.2) is 0 Å². The van der Waals surface area contributed by atoms with Crippen LogP contribution in [0.2, 0.25) is 0 Å².